The number of hydrogen-bond donors (Lipinski definition) is 2. The molecule has 0 unspecified atom stereocenters. The molecule has 0 radical (unpaired) electrons. The first-order valence-electron chi connectivity index (χ1n) is 9.30. The molecule has 0 spiro atoms. The van der Waals surface area contributed by atoms with Gasteiger partial charge < -0.3 is 15.5 Å². The van der Waals surface area contributed by atoms with Gasteiger partial charge in [-0.25, -0.2) is 18.3 Å². The third kappa shape index (κ3) is 2.86. The van der Waals surface area contributed by atoms with E-state index in [1.165, 1.54) is 15.6 Å². The number of halogens is 2. The van der Waals surface area contributed by atoms with Crippen molar-refractivity contribution in [2.45, 2.75) is 31.6 Å². The summed E-state index contributed by atoms with van der Waals surface area (Å²) in [4.78, 5) is 22.3. The normalized spacial score (nSPS) is 19.4. The Bertz CT molecular complexity index is 1140. The maximum Gasteiger partial charge on any atom is 0.266 e. The van der Waals surface area contributed by atoms with Crippen LogP contribution in [0.15, 0.2) is 30.6 Å². The zero-order valence-corrected chi connectivity index (χ0v) is 15.9. The maximum absolute atomic E-state index is 13.6. The van der Waals surface area contributed by atoms with E-state index < -0.39 is 11.3 Å². The van der Waals surface area contributed by atoms with Gasteiger partial charge in [-0.15, -0.1) is 5.10 Å². The monoisotopic (exact) mass is 399 g/mol. The average molecular weight is 399 g/mol. The summed E-state index contributed by atoms with van der Waals surface area (Å²) in [5.74, 6) is -2.08. The van der Waals surface area contributed by atoms with Crippen LogP contribution in [0.2, 0.25) is 0 Å². The molecule has 1 fully saturated rings. The van der Waals surface area contributed by atoms with E-state index in [0.29, 0.717) is 23.1 Å². The van der Waals surface area contributed by atoms with Gasteiger partial charge in [-0.3, -0.25) is 4.79 Å². The van der Waals surface area contributed by atoms with Gasteiger partial charge >= 0.3 is 0 Å². The fourth-order valence-corrected chi connectivity index (χ4v) is 3.80. The van der Waals surface area contributed by atoms with E-state index in [0.717, 1.165) is 11.3 Å². The second kappa shape index (κ2) is 5.85. The molecule has 0 bridgehead atoms. The molecule has 1 saturated heterocycles. The van der Waals surface area contributed by atoms with Crippen molar-refractivity contribution in [3.8, 4) is 0 Å². The van der Waals surface area contributed by atoms with E-state index in [4.69, 9.17) is 0 Å². The quantitative estimate of drug-likeness (QED) is 0.704. The molecule has 2 N–H and O–H groups in total. The molecule has 2 aliphatic rings. The Morgan fingerprint density at radius 3 is 2.86 bits per heavy atom. The second-order valence-corrected chi connectivity index (χ2v) is 7.95. The van der Waals surface area contributed by atoms with Gasteiger partial charge in [0.2, 0.25) is 11.9 Å². The summed E-state index contributed by atoms with van der Waals surface area (Å²) in [7, 11) is 0. The van der Waals surface area contributed by atoms with Crippen molar-refractivity contribution >= 4 is 34.7 Å². The SMILES string of the molecule is CC1(C)C(=O)Nc2cc(Nc3nc4c(N5CCC(F)(F)C5)nccn4n3)ccc21. The van der Waals surface area contributed by atoms with Gasteiger partial charge in [0, 0.05) is 36.7 Å². The number of hydrogen-bond acceptors (Lipinski definition) is 6. The van der Waals surface area contributed by atoms with E-state index in [9.17, 15) is 13.6 Å². The summed E-state index contributed by atoms with van der Waals surface area (Å²) in [6, 6.07) is 5.57. The summed E-state index contributed by atoms with van der Waals surface area (Å²) >= 11 is 0. The molecule has 2 aromatic heterocycles. The second-order valence-electron chi connectivity index (χ2n) is 7.95. The van der Waals surface area contributed by atoms with Crippen molar-refractivity contribution < 1.29 is 13.6 Å². The smallest absolute Gasteiger partial charge is 0.266 e. The highest BCUT2D eigenvalue weighted by molar-refractivity contribution is 6.06. The number of nitrogens with zero attached hydrogens (tertiary/aromatic N) is 5. The Kier molecular flexibility index (Phi) is 3.59. The van der Waals surface area contributed by atoms with Gasteiger partial charge in [0.05, 0.1) is 12.0 Å². The van der Waals surface area contributed by atoms with Gasteiger partial charge in [-0.05, 0) is 31.5 Å². The lowest BCUT2D eigenvalue weighted by Crippen LogP contribution is -2.26. The molecule has 1 amide bonds. The van der Waals surface area contributed by atoms with Crippen molar-refractivity contribution in [1.29, 1.82) is 0 Å². The van der Waals surface area contributed by atoms with E-state index >= 15 is 0 Å². The van der Waals surface area contributed by atoms with Gasteiger partial charge in [0.15, 0.2) is 11.5 Å². The minimum atomic E-state index is -2.72. The zero-order chi connectivity index (χ0) is 20.4. The summed E-state index contributed by atoms with van der Waals surface area (Å²) in [6.45, 7) is 3.59. The Hall–Kier alpha value is -3.30. The molecular formula is C19H19F2N7O. The average Bonchev–Trinajstić information content (AvgIpc) is 3.29. The molecule has 2 aliphatic heterocycles. The first kappa shape index (κ1) is 17.8. The van der Waals surface area contributed by atoms with Crippen molar-refractivity contribution in [2.75, 3.05) is 28.6 Å². The van der Waals surface area contributed by atoms with Crippen LogP contribution in [0.3, 0.4) is 0 Å². The van der Waals surface area contributed by atoms with Crippen LogP contribution in [0.4, 0.5) is 31.9 Å². The van der Waals surface area contributed by atoms with E-state index in [-0.39, 0.29) is 25.4 Å². The van der Waals surface area contributed by atoms with Crippen LogP contribution in [0.1, 0.15) is 25.8 Å². The summed E-state index contributed by atoms with van der Waals surface area (Å²) in [5.41, 5.74) is 2.21. The number of carbonyl (C=O) groups is 1. The largest absolute Gasteiger partial charge is 0.347 e. The first-order valence-corrected chi connectivity index (χ1v) is 9.30. The molecule has 10 heteroatoms. The predicted molar refractivity (Wildman–Crippen MR) is 104 cm³/mol. The van der Waals surface area contributed by atoms with Crippen LogP contribution >= 0.6 is 0 Å². The van der Waals surface area contributed by atoms with Crippen LogP contribution in [0.5, 0.6) is 0 Å². The van der Waals surface area contributed by atoms with Crippen LogP contribution in [-0.4, -0.2) is 44.5 Å². The molecule has 8 nitrogen and oxygen atoms in total. The number of fused-ring (bicyclic) bond motifs is 2. The molecule has 0 aliphatic carbocycles. The fraction of sp³-hybridized carbons (Fsp3) is 0.368. The number of benzene rings is 1. The van der Waals surface area contributed by atoms with Gasteiger partial charge in [0.25, 0.3) is 5.92 Å². The third-order valence-electron chi connectivity index (χ3n) is 5.47. The lowest BCUT2D eigenvalue weighted by atomic mass is 9.86. The highest BCUT2D eigenvalue weighted by Gasteiger charge is 2.40. The number of anilines is 4. The standard InChI is InChI=1S/C19H19F2N7O/c1-18(2)12-4-3-11(9-13(12)24-16(18)29)23-17-25-15-14(22-6-8-28(15)26-17)27-7-5-19(20,21)10-27/h3-4,6,8-9H,5,7,10H2,1-2H3,(H,23,26)(H,24,29). The molecule has 150 valence electrons. The summed E-state index contributed by atoms with van der Waals surface area (Å²) in [6.07, 6.45) is 2.94. The van der Waals surface area contributed by atoms with Gasteiger partial charge in [-0.1, -0.05) is 6.07 Å². The highest BCUT2D eigenvalue weighted by Crippen LogP contribution is 2.39. The van der Waals surface area contributed by atoms with E-state index in [1.54, 1.807) is 6.20 Å². The number of alkyl halides is 2. The molecule has 29 heavy (non-hydrogen) atoms. The lowest BCUT2D eigenvalue weighted by molar-refractivity contribution is -0.119. The highest BCUT2D eigenvalue weighted by atomic mass is 19.3. The number of amides is 1. The predicted octanol–water partition coefficient (Wildman–Crippen LogP) is 2.94. The zero-order valence-electron chi connectivity index (χ0n) is 15.9. The van der Waals surface area contributed by atoms with Crippen LogP contribution < -0.4 is 15.5 Å². The van der Waals surface area contributed by atoms with Crippen molar-refractivity contribution in [1.82, 2.24) is 19.6 Å². The fourth-order valence-electron chi connectivity index (χ4n) is 3.80. The molecular weight excluding hydrogens is 380 g/mol. The van der Waals surface area contributed by atoms with E-state index in [2.05, 4.69) is 25.7 Å². The maximum atomic E-state index is 13.6. The van der Waals surface area contributed by atoms with E-state index in [1.807, 2.05) is 32.0 Å². The molecule has 3 aromatic rings. The van der Waals surface area contributed by atoms with Gasteiger partial charge in [-0.2, -0.15) is 4.98 Å². The lowest BCUT2D eigenvalue weighted by Gasteiger charge is -2.16. The Morgan fingerprint density at radius 2 is 2.10 bits per heavy atom. The Balaban J connectivity index is 1.45. The number of rotatable bonds is 3. The minimum absolute atomic E-state index is 0.0476. The molecule has 4 heterocycles. The molecule has 0 atom stereocenters. The molecule has 1 aromatic carbocycles. The Morgan fingerprint density at radius 1 is 1.28 bits per heavy atom. The number of nitrogens with one attached hydrogen (secondary N) is 2. The van der Waals surface area contributed by atoms with Crippen LogP contribution in [0.25, 0.3) is 5.65 Å². The van der Waals surface area contributed by atoms with Crippen LogP contribution in [-0.2, 0) is 10.2 Å². The van der Waals surface area contributed by atoms with Crippen LogP contribution in [0, 0.1) is 0 Å². The van der Waals surface area contributed by atoms with Gasteiger partial charge in [0.1, 0.15) is 0 Å². The number of aromatic nitrogens is 4. The van der Waals surface area contributed by atoms with Crippen molar-refractivity contribution in [2.24, 2.45) is 0 Å². The topological polar surface area (TPSA) is 87.5 Å². The minimum Gasteiger partial charge on any atom is -0.347 e. The summed E-state index contributed by atoms with van der Waals surface area (Å²) < 4.78 is 28.7. The first-order chi connectivity index (χ1) is 13.7. The molecule has 5 rings (SSSR count). The van der Waals surface area contributed by atoms with Crippen molar-refractivity contribution in [3.05, 3.63) is 36.2 Å². The Labute approximate surface area is 164 Å². The summed E-state index contributed by atoms with van der Waals surface area (Å²) in [5, 5.41) is 10.4. The third-order valence-corrected chi connectivity index (χ3v) is 5.47. The van der Waals surface area contributed by atoms with Crippen molar-refractivity contribution in [3.63, 3.8) is 0 Å². The molecule has 0 saturated carbocycles. The number of carbonyl (C=O) groups excluding carboxylic acids is 1.